The van der Waals surface area contributed by atoms with Crippen LogP contribution < -0.4 is 16.2 Å². The molecule has 23 heavy (non-hydrogen) atoms. The van der Waals surface area contributed by atoms with Crippen LogP contribution in [0.4, 0.5) is 5.69 Å². The number of phenols is 1. The molecular formula is C16H15Cl2N3O2. The number of anilines is 1. The Balaban J connectivity index is 1.69. The van der Waals surface area contributed by atoms with Gasteiger partial charge in [-0.3, -0.25) is 4.79 Å². The topological polar surface area (TPSA) is 73.4 Å². The third kappa shape index (κ3) is 3.59. The number of halogens is 2. The Kier molecular flexibility index (Phi) is 4.73. The third-order valence-corrected chi connectivity index (χ3v) is 4.28. The normalized spacial score (nSPS) is 20.4. The first-order valence-corrected chi connectivity index (χ1v) is 7.85. The van der Waals surface area contributed by atoms with E-state index in [1.165, 1.54) is 6.07 Å². The highest BCUT2D eigenvalue weighted by Gasteiger charge is 2.31. The maximum Gasteiger partial charge on any atom is 0.242 e. The van der Waals surface area contributed by atoms with Gasteiger partial charge in [0.2, 0.25) is 5.91 Å². The van der Waals surface area contributed by atoms with Gasteiger partial charge in [0.1, 0.15) is 11.8 Å². The molecule has 7 heteroatoms. The molecule has 0 bridgehead atoms. The Hall–Kier alpha value is -1.79. The molecule has 0 saturated carbocycles. The van der Waals surface area contributed by atoms with Crippen molar-refractivity contribution in [1.29, 1.82) is 0 Å². The molecular weight excluding hydrogens is 337 g/mol. The zero-order valence-corrected chi connectivity index (χ0v) is 13.5. The van der Waals surface area contributed by atoms with Crippen molar-refractivity contribution in [2.45, 2.75) is 18.5 Å². The molecule has 2 unspecified atom stereocenters. The summed E-state index contributed by atoms with van der Waals surface area (Å²) in [6, 6.07) is 11.2. The van der Waals surface area contributed by atoms with Crippen molar-refractivity contribution in [3.05, 3.63) is 58.1 Å². The van der Waals surface area contributed by atoms with Crippen molar-refractivity contribution in [2.24, 2.45) is 0 Å². The molecule has 4 N–H and O–H groups in total. The summed E-state index contributed by atoms with van der Waals surface area (Å²) in [5, 5.41) is 13.7. The van der Waals surface area contributed by atoms with Crippen LogP contribution in [0.25, 0.3) is 0 Å². The number of hydrogen-bond acceptors (Lipinski definition) is 4. The van der Waals surface area contributed by atoms with Crippen LogP contribution in [0.1, 0.15) is 18.0 Å². The summed E-state index contributed by atoms with van der Waals surface area (Å²) in [7, 11) is 0. The van der Waals surface area contributed by atoms with E-state index in [1.807, 2.05) is 0 Å². The Morgan fingerprint density at radius 2 is 1.96 bits per heavy atom. The highest BCUT2D eigenvalue weighted by Crippen LogP contribution is 2.32. The predicted molar refractivity (Wildman–Crippen MR) is 90.6 cm³/mol. The molecule has 1 saturated heterocycles. The molecule has 2 aromatic carbocycles. The highest BCUT2D eigenvalue weighted by atomic mass is 35.5. The van der Waals surface area contributed by atoms with E-state index in [0.29, 0.717) is 27.7 Å². The molecule has 0 aromatic heterocycles. The quantitative estimate of drug-likeness (QED) is 0.684. The molecule has 1 aliphatic heterocycles. The number of nitrogens with one attached hydrogen (secondary N) is 3. The largest absolute Gasteiger partial charge is 0.508 e. The first-order valence-electron chi connectivity index (χ1n) is 7.09. The van der Waals surface area contributed by atoms with E-state index in [0.717, 1.165) is 0 Å². The summed E-state index contributed by atoms with van der Waals surface area (Å²) in [5.74, 6) is -0.0597. The highest BCUT2D eigenvalue weighted by molar-refractivity contribution is 6.33. The number of para-hydroxylation sites is 1. The van der Waals surface area contributed by atoms with E-state index in [2.05, 4.69) is 16.2 Å². The van der Waals surface area contributed by atoms with Gasteiger partial charge in [0, 0.05) is 10.6 Å². The zero-order valence-electron chi connectivity index (χ0n) is 12.0. The minimum atomic E-state index is -0.449. The lowest BCUT2D eigenvalue weighted by Crippen LogP contribution is -2.39. The summed E-state index contributed by atoms with van der Waals surface area (Å²) in [4.78, 5) is 12.3. The number of carbonyl (C=O) groups is 1. The van der Waals surface area contributed by atoms with Crippen molar-refractivity contribution >= 4 is 34.8 Å². The lowest BCUT2D eigenvalue weighted by molar-refractivity contribution is -0.117. The van der Waals surface area contributed by atoms with E-state index in [1.54, 1.807) is 36.4 Å². The van der Waals surface area contributed by atoms with E-state index >= 15 is 0 Å². The maximum absolute atomic E-state index is 12.3. The van der Waals surface area contributed by atoms with Crippen LogP contribution in [0.3, 0.4) is 0 Å². The molecule has 5 nitrogen and oxygen atoms in total. The molecule has 0 radical (unpaired) electrons. The fraction of sp³-hybridized carbons (Fsp3) is 0.188. The summed E-state index contributed by atoms with van der Waals surface area (Å²) < 4.78 is 0. The molecule has 1 heterocycles. The second kappa shape index (κ2) is 6.76. The van der Waals surface area contributed by atoms with Crippen molar-refractivity contribution in [2.75, 3.05) is 5.32 Å². The van der Waals surface area contributed by atoms with Crippen LogP contribution in [0.15, 0.2) is 42.5 Å². The van der Waals surface area contributed by atoms with Crippen molar-refractivity contribution in [3.63, 3.8) is 0 Å². The number of amides is 1. The van der Waals surface area contributed by atoms with Gasteiger partial charge in [-0.25, -0.2) is 10.9 Å². The number of benzene rings is 2. The number of rotatable bonds is 3. The third-order valence-electron chi connectivity index (χ3n) is 3.72. The van der Waals surface area contributed by atoms with Gasteiger partial charge in [-0.1, -0.05) is 35.3 Å². The standard InChI is InChI=1S/C16H15Cl2N3O2/c17-9-5-6-15(22)10(7-9)13-8-14(21-20-13)16(23)19-12-4-2-1-3-11(12)18/h1-7,13-14,20-22H,8H2,(H,19,23). The predicted octanol–water partition coefficient (Wildman–Crippen LogP) is 3.25. The fourth-order valence-electron chi connectivity index (χ4n) is 2.52. The average Bonchev–Trinajstić information content (AvgIpc) is 3.02. The summed E-state index contributed by atoms with van der Waals surface area (Å²) in [6.45, 7) is 0. The van der Waals surface area contributed by atoms with Gasteiger partial charge in [-0.2, -0.15) is 0 Å². The van der Waals surface area contributed by atoms with Gasteiger partial charge in [0.05, 0.1) is 16.8 Å². The summed E-state index contributed by atoms with van der Waals surface area (Å²) in [6.07, 6.45) is 0.476. The lowest BCUT2D eigenvalue weighted by atomic mass is 10.0. The van der Waals surface area contributed by atoms with E-state index in [4.69, 9.17) is 23.2 Å². The SMILES string of the molecule is O=C(Nc1ccccc1Cl)C1CC(c2cc(Cl)ccc2O)NN1. The maximum atomic E-state index is 12.3. The Labute approximate surface area is 143 Å². The van der Waals surface area contributed by atoms with Crippen LogP contribution in [-0.2, 0) is 4.79 Å². The molecule has 3 rings (SSSR count). The second-order valence-corrected chi connectivity index (χ2v) is 6.15. The number of phenolic OH excluding ortho intramolecular Hbond substituents is 1. The van der Waals surface area contributed by atoms with Crippen molar-refractivity contribution in [3.8, 4) is 5.75 Å². The van der Waals surface area contributed by atoms with Gasteiger partial charge in [-0.15, -0.1) is 0 Å². The van der Waals surface area contributed by atoms with Gasteiger partial charge in [0.15, 0.2) is 0 Å². The van der Waals surface area contributed by atoms with Crippen LogP contribution in [-0.4, -0.2) is 17.1 Å². The monoisotopic (exact) mass is 351 g/mol. The second-order valence-electron chi connectivity index (χ2n) is 5.30. The molecule has 0 aliphatic carbocycles. The first kappa shape index (κ1) is 16.1. The van der Waals surface area contributed by atoms with Gasteiger partial charge in [-0.05, 0) is 36.8 Å². The summed E-state index contributed by atoms with van der Waals surface area (Å²) in [5.41, 5.74) is 7.16. The minimum Gasteiger partial charge on any atom is -0.508 e. The number of aromatic hydroxyl groups is 1. The van der Waals surface area contributed by atoms with Crippen molar-refractivity contribution < 1.29 is 9.90 Å². The molecule has 1 amide bonds. The number of hydrazine groups is 1. The van der Waals surface area contributed by atoms with Gasteiger partial charge >= 0.3 is 0 Å². The van der Waals surface area contributed by atoms with Gasteiger partial charge < -0.3 is 10.4 Å². The average molecular weight is 352 g/mol. The zero-order chi connectivity index (χ0) is 16.4. The van der Waals surface area contributed by atoms with Crippen LogP contribution in [0.5, 0.6) is 5.75 Å². The molecule has 1 fully saturated rings. The molecule has 0 spiro atoms. The molecule has 2 atom stereocenters. The van der Waals surface area contributed by atoms with Gasteiger partial charge in [0.25, 0.3) is 0 Å². The molecule has 2 aromatic rings. The Morgan fingerprint density at radius 1 is 1.17 bits per heavy atom. The van der Waals surface area contributed by atoms with E-state index in [-0.39, 0.29) is 17.7 Å². The first-order chi connectivity index (χ1) is 11.0. The molecule has 120 valence electrons. The Morgan fingerprint density at radius 3 is 2.74 bits per heavy atom. The van der Waals surface area contributed by atoms with E-state index < -0.39 is 6.04 Å². The number of hydrogen-bond donors (Lipinski definition) is 4. The minimum absolute atomic E-state index is 0.140. The van der Waals surface area contributed by atoms with Crippen LogP contribution in [0.2, 0.25) is 10.0 Å². The van der Waals surface area contributed by atoms with Crippen molar-refractivity contribution in [1.82, 2.24) is 10.9 Å². The smallest absolute Gasteiger partial charge is 0.242 e. The van der Waals surface area contributed by atoms with Crippen LogP contribution in [0, 0.1) is 0 Å². The fourth-order valence-corrected chi connectivity index (χ4v) is 2.88. The Bertz CT molecular complexity index is 739. The van der Waals surface area contributed by atoms with E-state index in [9.17, 15) is 9.90 Å². The number of carbonyl (C=O) groups excluding carboxylic acids is 1. The lowest BCUT2D eigenvalue weighted by Gasteiger charge is -2.12. The van der Waals surface area contributed by atoms with Crippen LogP contribution >= 0.6 is 23.2 Å². The molecule has 1 aliphatic rings. The summed E-state index contributed by atoms with van der Waals surface area (Å²) >= 11 is 12.0.